The van der Waals surface area contributed by atoms with Gasteiger partial charge in [0.15, 0.2) is 18.6 Å². The van der Waals surface area contributed by atoms with Gasteiger partial charge in [-0.3, -0.25) is 0 Å². The largest absolute Gasteiger partial charge is 0.363 e. The maximum absolute atomic E-state index is 11.1. The molecule has 0 saturated carbocycles. The molecular weight excluding hydrogens is 204 g/mol. The lowest BCUT2D eigenvalue weighted by molar-refractivity contribution is 0.677. The van der Waals surface area contributed by atoms with Crippen molar-refractivity contribution in [2.24, 2.45) is 0 Å². The van der Waals surface area contributed by atoms with Crippen molar-refractivity contribution < 1.29 is 0 Å². The summed E-state index contributed by atoms with van der Waals surface area (Å²) < 4.78 is -0.227. The van der Waals surface area contributed by atoms with Crippen molar-refractivity contribution in [3.63, 3.8) is 0 Å². The molecule has 15 heavy (non-hydrogen) atoms. The molecule has 0 aliphatic heterocycles. The van der Waals surface area contributed by atoms with Gasteiger partial charge in [-0.25, -0.2) is 14.4 Å². The number of nitriles is 3. The Hall–Kier alpha value is -3.12. The predicted octanol–water partition coefficient (Wildman–Crippen LogP) is -2.84. The number of nitrogens with zero attached hydrogens (tertiary/aromatic N) is 6. The number of hydrogen-bond donors (Lipinski definition) is 0. The summed E-state index contributed by atoms with van der Waals surface area (Å²) in [7, 11) is 0. The van der Waals surface area contributed by atoms with Crippen LogP contribution in [0.1, 0.15) is 0 Å². The second kappa shape index (κ2) is 3.32. The molecule has 0 spiro atoms. The monoisotopic (exact) mass is 204 g/mol. The van der Waals surface area contributed by atoms with E-state index in [-0.39, 0.29) is 13.7 Å². The molecule has 1 rings (SSSR count). The summed E-state index contributed by atoms with van der Waals surface area (Å²) in [6.45, 7) is 0. The molecule has 0 amide bonds. The van der Waals surface area contributed by atoms with Crippen LogP contribution in [0.25, 0.3) is 0 Å². The smallest absolute Gasteiger partial charge is 0.245 e. The van der Waals surface area contributed by atoms with E-state index in [1.807, 2.05) is 0 Å². The van der Waals surface area contributed by atoms with Crippen LogP contribution >= 0.6 is 0 Å². The molecule has 0 unspecified atom stereocenters. The lowest BCUT2D eigenvalue weighted by Crippen LogP contribution is -2.51. The third-order valence-electron chi connectivity index (χ3n) is 1.45. The molecule has 1 aromatic rings. The zero-order chi connectivity index (χ0) is 11.6. The van der Waals surface area contributed by atoms with Crippen molar-refractivity contribution >= 4 is 0 Å². The van der Waals surface area contributed by atoms with Crippen molar-refractivity contribution in [1.29, 1.82) is 15.8 Å². The highest BCUT2D eigenvalue weighted by atomic mass is 16.2. The molecule has 9 heteroatoms. The van der Waals surface area contributed by atoms with Crippen molar-refractivity contribution in [2.75, 3.05) is 0 Å². The van der Waals surface area contributed by atoms with E-state index in [0.29, 0.717) is 0 Å². The van der Waals surface area contributed by atoms with Gasteiger partial charge in [-0.05, 0) is 0 Å². The van der Waals surface area contributed by atoms with Gasteiger partial charge in [-0.15, -0.1) is 13.7 Å². The fourth-order valence-corrected chi connectivity index (χ4v) is 0.802. The lowest BCUT2D eigenvalue weighted by Gasteiger charge is -1.96. The van der Waals surface area contributed by atoms with Crippen molar-refractivity contribution in [2.45, 2.75) is 0 Å². The summed E-state index contributed by atoms with van der Waals surface area (Å²) in [5.41, 5.74) is -4.20. The maximum atomic E-state index is 11.1. The Morgan fingerprint density at radius 2 is 0.867 bits per heavy atom. The molecule has 0 aliphatic carbocycles. The van der Waals surface area contributed by atoms with E-state index in [0.717, 1.165) is 18.6 Å². The van der Waals surface area contributed by atoms with Crippen LogP contribution in [0.5, 0.6) is 0 Å². The summed E-state index contributed by atoms with van der Waals surface area (Å²) in [5, 5.41) is 25.2. The second-order valence-electron chi connectivity index (χ2n) is 2.15. The van der Waals surface area contributed by atoms with Gasteiger partial charge in [0, 0.05) is 0 Å². The first-order chi connectivity index (χ1) is 7.08. The summed E-state index contributed by atoms with van der Waals surface area (Å²) >= 11 is 0. The normalized spacial score (nSPS) is 8.60. The van der Waals surface area contributed by atoms with Crippen LogP contribution in [0.4, 0.5) is 0 Å². The molecule has 72 valence electrons. The van der Waals surface area contributed by atoms with Gasteiger partial charge < -0.3 is 0 Å². The minimum absolute atomic E-state index is 0.0756. The van der Waals surface area contributed by atoms with Crippen LogP contribution in [-0.4, -0.2) is 13.7 Å². The molecule has 0 aliphatic rings. The first kappa shape index (κ1) is 9.96. The molecule has 1 aromatic heterocycles. The summed E-state index contributed by atoms with van der Waals surface area (Å²) in [6, 6.07) is 0. The van der Waals surface area contributed by atoms with Crippen molar-refractivity contribution in [1.82, 2.24) is 13.7 Å². The molecule has 0 N–H and O–H groups in total. The van der Waals surface area contributed by atoms with E-state index in [1.54, 1.807) is 0 Å². The Morgan fingerprint density at radius 1 is 0.667 bits per heavy atom. The summed E-state index contributed by atoms with van der Waals surface area (Å²) in [6.07, 6.45) is 3.45. The zero-order valence-corrected chi connectivity index (χ0v) is 6.91. The van der Waals surface area contributed by atoms with Crippen LogP contribution in [0.2, 0.25) is 0 Å². The Bertz CT molecular complexity index is 582. The van der Waals surface area contributed by atoms with Gasteiger partial charge in [0.2, 0.25) is 0 Å². The van der Waals surface area contributed by atoms with Crippen LogP contribution < -0.4 is 17.1 Å². The fourth-order valence-electron chi connectivity index (χ4n) is 0.802. The number of rotatable bonds is 0. The molecule has 0 radical (unpaired) electrons. The minimum atomic E-state index is -1.40. The average molecular weight is 204 g/mol. The van der Waals surface area contributed by atoms with Crippen molar-refractivity contribution in [3.8, 4) is 18.6 Å². The Kier molecular flexibility index (Phi) is 2.21. The standard InChI is InChI=1S/C6N6O3/c7-1-10-4(13)11(2-8)6(15)12(3-9)5(10)14. The predicted molar refractivity (Wildman–Crippen MR) is 42.3 cm³/mol. The van der Waals surface area contributed by atoms with Crippen LogP contribution in [-0.2, 0) is 0 Å². The molecule has 0 saturated heterocycles. The third-order valence-corrected chi connectivity index (χ3v) is 1.45. The lowest BCUT2D eigenvalue weighted by atomic mass is 10.8. The maximum Gasteiger partial charge on any atom is 0.363 e. The fraction of sp³-hybridized carbons (Fsp3) is 0. The van der Waals surface area contributed by atoms with E-state index >= 15 is 0 Å². The van der Waals surface area contributed by atoms with Gasteiger partial charge in [-0.2, -0.15) is 15.8 Å². The van der Waals surface area contributed by atoms with Crippen molar-refractivity contribution in [3.05, 3.63) is 31.5 Å². The van der Waals surface area contributed by atoms with Gasteiger partial charge in [0.05, 0.1) is 0 Å². The molecule has 0 bridgehead atoms. The van der Waals surface area contributed by atoms with E-state index in [9.17, 15) is 14.4 Å². The van der Waals surface area contributed by atoms with E-state index in [1.165, 1.54) is 0 Å². The Balaban J connectivity index is 4.17. The molecule has 9 nitrogen and oxygen atoms in total. The van der Waals surface area contributed by atoms with Crippen LogP contribution in [0, 0.1) is 34.4 Å². The van der Waals surface area contributed by atoms with Gasteiger partial charge in [0.25, 0.3) is 0 Å². The minimum Gasteiger partial charge on any atom is -0.245 e. The molecule has 1 heterocycles. The van der Waals surface area contributed by atoms with E-state index in [2.05, 4.69) is 0 Å². The summed E-state index contributed by atoms with van der Waals surface area (Å²) in [5.74, 6) is 0. The Labute approximate surface area is 80.5 Å². The molecule has 0 fully saturated rings. The zero-order valence-electron chi connectivity index (χ0n) is 6.91. The van der Waals surface area contributed by atoms with Gasteiger partial charge in [0.1, 0.15) is 0 Å². The molecule has 0 atom stereocenters. The number of hydrogen-bond acceptors (Lipinski definition) is 6. The quantitative estimate of drug-likeness (QED) is 0.446. The SMILES string of the molecule is N#Cn1c(=O)n(C#N)c(=O)n(C#N)c1=O. The van der Waals surface area contributed by atoms with Gasteiger partial charge >= 0.3 is 17.1 Å². The second-order valence-corrected chi connectivity index (χ2v) is 2.15. The Morgan fingerprint density at radius 3 is 1.00 bits per heavy atom. The summed E-state index contributed by atoms with van der Waals surface area (Å²) in [4.78, 5) is 33.3. The molecule has 0 aromatic carbocycles. The molecular formula is C6N6O3. The van der Waals surface area contributed by atoms with Crippen LogP contribution in [0.15, 0.2) is 14.4 Å². The first-order valence-corrected chi connectivity index (χ1v) is 3.30. The highest BCUT2D eigenvalue weighted by molar-refractivity contribution is 4.97. The van der Waals surface area contributed by atoms with E-state index < -0.39 is 17.1 Å². The van der Waals surface area contributed by atoms with Gasteiger partial charge in [-0.1, -0.05) is 0 Å². The van der Waals surface area contributed by atoms with E-state index in [4.69, 9.17) is 15.8 Å². The highest BCUT2D eigenvalue weighted by Gasteiger charge is 2.14. The van der Waals surface area contributed by atoms with Crippen LogP contribution in [0.3, 0.4) is 0 Å². The highest BCUT2D eigenvalue weighted by Crippen LogP contribution is 1.65. The number of aromatic nitrogens is 3. The first-order valence-electron chi connectivity index (χ1n) is 3.30. The average Bonchev–Trinajstić information content (AvgIpc) is 2.19. The topological polar surface area (TPSA) is 137 Å². The third kappa shape index (κ3) is 1.19.